The molecule has 1 aliphatic heterocycles. The second kappa shape index (κ2) is 7.04. The van der Waals surface area contributed by atoms with E-state index in [4.69, 9.17) is 0 Å². The van der Waals surface area contributed by atoms with E-state index in [0.29, 0.717) is 18.2 Å². The molecule has 1 aromatic carbocycles. The van der Waals surface area contributed by atoms with Crippen LogP contribution >= 0.6 is 0 Å². The summed E-state index contributed by atoms with van der Waals surface area (Å²) < 4.78 is 27.0. The monoisotopic (exact) mass is 317 g/mol. The van der Waals surface area contributed by atoms with Crippen molar-refractivity contribution in [3.05, 3.63) is 59.8 Å². The second-order valence-electron chi connectivity index (χ2n) is 6.04. The molecule has 122 valence electrons. The first-order valence-corrected chi connectivity index (χ1v) is 7.93. The molecule has 2 aromatic rings. The van der Waals surface area contributed by atoms with Gasteiger partial charge in [0.15, 0.2) is 0 Å². The molecule has 1 aromatic heterocycles. The highest BCUT2D eigenvalue weighted by atomic mass is 19.1. The highest BCUT2D eigenvalue weighted by Gasteiger charge is 2.23. The van der Waals surface area contributed by atoms with Gasteiger partial charge in [-0.15, -0.1) is 0 Å². The minimum atomic E-state index is -0.383. The van der Waals surface area contributed by atoms with Crippen molar-refractivity contribution in [1.82, 2.24) is 9.88 Å². The van der Waals surface area contributed by atoms with Crippen LogP contribution < -0.4 is 4.90 Å². The number of hydrogen-bond acceptors (Lipinski definition) is 3. The molecular weight excluding hydrogens is 296 g/mol. The van der Waals surface area contributed by atoms with Gasteiger partial charge in [0.2, 0.25) is 0 Å². The summed E-state index contributed by atoms with van der Waals surface area (Å²) in [6.07, 6.45) is 3.78. The maximum absolute atomic E-state index is 13.7. The van der Waals surface area contributed by atoms with Gasteiger partial charge >= 0.3 is 0 Å². The van der Waals surface area contributed by atoms with Gasteiger partial charge < -0.3 is 4.90 Å². The van der Waals surface area contributed by atoms with Gasteiger partial charge in [0.1, 0.15) is 17.5 Å². The molecule has 5 heteroatoms. The van der Waals surface area contributed by atoms with Crippen LogP contribution in [0.2, 0.25) is 0 Å². The molecule has 2 heterocycles. The Balaban J connectivity index is 1.57. The van der Waals surface area contributed by atoms with E-state index in [9.17, 15) is 8.78 Å². The zero-order valence-corrected chi connectivity index (χ0v) is 13.3. The first-order chi connectivity index (χ1) is 11.1. The molecule has 0 amide bonds. The van der Waals surface area contributed by atoms with Gasteiger partial charge in [-0.05, 0) is 43.2 Å². The number of hydrogen-bond donors (Lipinski definition) is 0. The first-order valence-electron chi connectivity index (χ1n) is 7.93. The Kier molecular flexibility index (Phi) is 4.86. The van der Waals surface area contributed by atoms with Crippen molar-refractivity contribution in [1.29, 1.82) is 0 Å². The fraction of sp³-hybridized carbons (Fsp3) is 0.389. The molecule has 0 radical (unpaired) electrons. The molecule has 0 aliphatic carbocycles. The highest BCUT2D eigenvalue weighted by Crippen LogP contribution is 2.22. The van der Waals surface area contributed by atoms with Gasteiger partial charge in [0.25, 0.3) is 0 Å². The van der Waals surface area contributed by atoms with Crippen LogP contribution in [0.4, 0.5) is 14.6 Å². The second-order valence-corrected chi connectivity index (χ2v) is 6.04. The van der Waals surface area contributed by atoms with Crippen LogP contribution in [0.3, 0.4) is 0 Å². The average Bonchev–Trinajstić information content (AvgIpc) is 2.59. The van der Waals surface area contributed by atoms with Crippen molar-refractivity contribution in [2.45, 2.75) is 25.4 Å². The van der Waals surface area contributed by atoms with Gasteiger partial charge in [0, 0.05) is 44.5 Å². The standard InChI is InChI=1S/C18H21F2N3/c1-22(18-4-2-3-9-21-18)16-7-10-23(11-8-16)13-14-12-15(19)5-6-17(14)20/h2-6,9,12,16H,7-8,10-11,13H2,1H3. The molecule has 0 saturated carbocycles. The lowest BCUT2D eigenvalue weighted by molar-refractivity contribution is 0.200. The molecular formula is C18H21F2N3. The fourth-order valence-electron chi connectivity index (χ4n) is 3.12. The summed E-state index contributed by atoms with van der Waals surface area (Å²) in [6, 6.07) is 9.99. The number of halogens is 2. The lowest BCUT2D eigenvalue weighted by atomic mass is 10.0. The van der Waals surface area contributed by atoms with Crippen LogP contribution in [0.5, 0.6) is 0 Å². The Labute approximate surface area is 135 Å². The van der Waals surface area contributed by atoms with Crippen LogP contribution in [0.25, 0.3) is 0 Å². The van der Waals surface area contributed by atoms with E-state index in [1.807, 2.05) is 18.2 Å². The molecule has 1 fully saturated rings. The van der Waals surface area contributed by atoms with E-state index >= 15 is 0 Å². The maximum atomic E-state index is 13.7. The van der Waals surface area contributed by atoms with Crippen molar-refractivity contribution in [3.8, 4) is 0 Å². The third-order valence-corrected chi connectivity index (χ3v) is 4.52. The number of anilines is 1. The van der Waals surface area contributed by atoms with E-state index in [2.05, 4.69) is 21.8 Å². The third-order valence-electron chi connectivity index (χ3n) is 4.52. The zero-order chi connectivity index (χ0) is 16.2. The summed E-state index contributed by atoms with van der Waals surface area (Å²) in [5.74, 6) is 0.257. The predicted octanol–water partition coefficient (Wildman–Crippen LogP) is 3.46. The van der Waals surface area contributed by atoms with Crippen molar-refractivity contribution in [3.63, 3.8) is 0 Å². The molecule has 3 rings (SSSR count). The van der Waals surface area contributed by atoms with Crippen LogP contribution in [0.15, 0.2) is 42.6 Å². The smallest absolute Gasteiger partial charge is 0.128 e. The number of likely N-dealkylation sites (tertiary alicyclic amines) is 1. The van der Waals surface area contributed by atoms with Gasteiger partial charge in [0.05, 0.1) is 0 Å². The normalized spacial score (nSPS) is 16.5. The third kappa shape index (κ3) is 3.85. The minimum absolute atomic E-state index is 0.334. The Morgan fingerprint density at radius 1 is 1.17 bits per heavy atom. The summed E-state index contributed by atoms with van der Waals surface area (Å²) in [4.78, 5) is 8.77. The van der Waals surface area contributed by atoms with E-state index in [0.717, 1.165) is 37.8 Å². The zero-order valence-electron chi connectivity index (χ0n) is 13.3. The highest BCUT2D eigenvalue weighted by molar-refractivity contribution is 5.38. The molecule has 23 heavy (non-hydrogen) atoms. The summed E-state index contributed by atoms with van der Waals surface area (Å²) in [5.41, 5.74) is 0.432. The molecule has 0 bridgehead atoms. The average molecular weight is 317 g/mol. The van der Waals surface area contributed by atoms with E-state index in [1.54, 1.807) is 6.20 Å². The van der Waals surface area contributed by atoms with Gasteiger partial charge in [-0.2, -0.15) is 0 Å². The summed E-state index contributed by atoms with van der Waals surface area (Å²) in [7, 11) is 2.06. The van der Waals surface area contributed by atoms with Gasteiger partial charge in [-0.25, -0.2) is 13.8 Å². The molecule has 3 nitrogen and oxygen atoms in total. The van der Waals surface area contributed by atoms with Crippen molar-refractivity contribution >= 4 is 5.82 Å². The quantitative estimate of drug-likeness (QED) is 0.861. The summed E-state index contributed by atoms with van der Waals surface area (Å²) in [6.45, 7) is 2.21. The fourth-order valence-corrected chi connectivity index (χ4v) is 3.12. The van der Waals surface area contributed by atoms with Crippen LogP contribution in [0.1, 0.15) is 18.4 Å². The Bertz CT molecular complexity index is 640. The molecule has 0 spiro atoms. The van der Waals surface area contributed by atoms with E-state index in [1.165, 1.54) is 12.1 Å². The largest absolute Gasteiger partial charge is 0.357 e. The maximum Gasteiger partial charge on any atom is 0.128 e. The number of rotatable bonds is 4. The summed E-state index contributed by atoms with van der Waals surface area (Å²) >= 11 is 0. The predicted molar refractivity (Wildman–Crippen MR) is 87.3 cm³/mol. The first kappa shape index (κ1) is 15.9. The van der Waals surface area contributed by atoms with Gasteiger partial charge in [-0.1, -0.05) is 6.07 Å². The number of piperidine rings is 1. The van der Waals surface area contributed by atoms with Crippen molar-refractivity contribution in [2.24, 2.45) is 0 Å². The van der Waals surface area contributed by atoms with E-state index in [-0.39, 0.29) is 11.6 Å². The van der Waals surface area contributed by atoms with Crippen LogP contribution in [-0.4, -0.2) is 36.1 Å². The van der Waals surface area contributed by atoms with Crippen molar-refractivity contribution in [2.75, 3.05) is 25.0 Å². The minimum Gasteiger partial charge on any atom is -0.357 e. The topological polar surface area (TPSA) is 19.4 Å². The van der Waals surface area contributed by atoms with Crippen LogP contribution in [0, 0.1) is 11.6 Å². The number of aromatic nitrogens is 1. The lowest BCUT2D eigenvalue weighted by Crippen LogP contribution is -2.43. The summed E-state index contributed by atoms with van der Waals surface area (Å²) in [5, 5.41) is 0. The SMILES string of the molecule is CN(c1ccccn1)C1CCN(Cc2cc(F)ccc2F)CC1. The molecule has 0 atom stereocenters. The Morgan fingerprint density at radius 2 is 1.96 bits per heavy atom. The molecule has 1 aliphatic rings. The van der Waals surface area contributed by atoms with Crippen LogP contribution in [-0.2, 0) is 6.54 Å². The Hall–Kier alpha value is -2.01. The number of benzene rings is 1. The molecule has 1 saturated heterocycles. The van der Waals surface area contributed by atoms with E-state index < -0.39 is 0 Å². The van der Waals surface area contributed by atoms with Gasteiger partial charge in [-0.3, -0.25) is 4.90 Å². The molecule has 0 unspecified atom stereocenters. The Morgan fingerprint density at radius 3 is 2.65 bits per heavy atom. The number of nitrogens with zero attached hydrogens (tertiary/aromatic N) is 3. The van der Waals surface area contributed by atoms with Crippen molar-refractivity contribution < 1.29 is 8.78 Å². The number of pyridine rings is 1. The lowest BCUT2D eigenvalue weighted by Gasteiger charge is -2.37. The molecule has 0 N–H and O–H groups in total.